The molecule has 1 aliphatic rings. The number of carboxylic acids is 1. The molecule has 5 nitrogen and oxygen atoms in total. The van der Waals surface area contributed by atoms with Crippen molar-refractivity contribution in [2.45, 2.75) is 31.0 Å². The fraction of sp³-hybridized carbons (Fsp3) is 0.857. The molecular formula is C7H15N3O2. The van der Waals surface area contributed by atoms with Gasteiger partial charge in [-0.05, 0) is 12.8 Å². The van der Waals surface area contributed by atoms with Crippen LogP contribution in [-0.4, -0.2) is 29.2 Å². The molecule has 1 fully saturated rings. The van der Waals surface area contributed by atoms with Crippen LogP contribution in [0.15, 0.2) is 0 Å². The zero-order valence-corrected chi connectivity index (χ0v) is 6.81. The van der Waals surface area contributed by atoms with Crippen molar-refractivity contribution >= 4 is 5.97 Å². The van der Waals surface area contributed by atoms with Crippen LogP contribution in [-0.2, 0) is 4.79 Å². The molecule has 0 aromatic carbocycles. The molecule has 0 spiro atoms. The van der Waals surface area contributed by atoms with Crippen LogP contribution >= 0.6 is 0 Å². The molecule has 0 aromatic heterocycles. The average molecular weight is 173 g/mol. The fourth-order valence-electron chi connectivity index (χ4n) is 1.58. The SMILES string of the molecule is NC1CC(N)C(C(=O)O)CC1N. The molecule has 7 N–H and O–H groups in total. The van der Waals surface area contributed by atoms with Crippen molar-refractivity contribution in [1.29, 1.82) is 0 Å². The first-order valence-corrected chi connectivity index (χ1v) is 4.02. The molecule has 0 heterocycles. The summed E-state index contributed by atoms with van der Waals surface area (Å²) in [4.78, 5) is 10.6. The highest BCUT2D eigenvalue weighted by molar-refractivity contribution is 5.71. The van der Waals surface area contributed by atoms with Gasteiger partial charge in [-0.1, -0.05) is 0 Å². The van der Waals surface area contributed by atoms with Gasteiger partial charge >= 0.3 is 5.97 Å². The van der Waals surface area contributed by atoms with Gasteiger partial charge in [0.25, 0.3) is 0 Å². The molecule has 0 aromatic rings. The lowest BCUT2D eigenvalue weighted by Crippen LogP contribution is -2.55. The molecule has 70 valence electrons. The summed E-state index contributed by atoms with van der Waals surface area (Å²) in [6.07, 6.45) is 0.885. The molecule has 0 radical (unpaired) electrons. The summed E-state index contributed by atoms with van der Waals surface area (Å²) >= 11 is 0. The quantitative estimate of drug-likeness (QED) is 0.383. The van der Waals surface area contributed by atoms with E-state index in [4.69, 9.17) is 22.3 Å². The number of hydrogen-bond acceptors (Lipinski definition) is 4. The second-order valence-corrected chi connectivity index (χ2v) is 3.41. The molecule has 0 amide bonds. The number of nitrogens with two attached hydrogens (primary N) is 3. The van der Waals surface area contributed by atoms with E-state index in [1.54, 1.807) is 0 Å². The summed E-state index contributed by atoms with van der Waals surface area (Å²) in [7, 11) is 0. The lowest BCUT2D eigenvalue weighted by Gasteiger charge is -2.34. The summed E-state index contributed by atoms with van der Waals surface area (Å²) in [6.45, 7) is 0. The van der Waals surface area contributed by atoms with Gasteiger partial charge in [0.15, 0.2) is 0 Å². The summed E-state index contributed by atoms with van der Waals surface area (Å²) in [5.41, 5.74) is 16.9. The van der Waals surface area contributed by atoms with Crippen molar-refractivity contribution in [2.75, 3.05) is 0 Å². The Kier molecular flexibility index (Phi) is 2.66. The predicted molar refractivity (Wildman–Crippen MR) is 44.3 cm³/mol. The van der Waals surface area contributed by atoms with Crippen LogP contribution in [0.5, 0.6) is 0 Å². The lowest BCUT2D eigenvalue weighted by atomic mass is 9.80. The van der Waals surface area contributed by atoms with Crippen LogP contribution < -0.4 is 17.2 Å². The maximum absolute atomic E-state index is 10.6. The van der Waals surface area contributed by atoms with Gasteiger partial charge in [-0.3, -0.25) is 4.79 Å². The first-order chi connectivity index (χ1) is 5.52. The zero-order valence-electron chi connectivity index (χ0n) is 6.81. The summed E-state index contributed by atoms with van der Waals surface area (Å²) in [5, 5.41) is 8.74. The molecule has 12 heavy (non-hydrogen) atoms. The second-order valence-electron chi connectivity index (χ2n) is 3.41. The highest BCUT2D eigenvalue weighted by Crippen LogP contribution is 2.21. The van der Waals surface area contributed by atoms with Gasteiger partial charge in [0.05, 0.1) is 5.92 Å². The molecule has 1 rings (SSSR count). The van der Waals surface area contributed by atoms with E-state index < -0.39 is 11.9 Å². The van der Waals surface area contributed by atoms with E-state index in [-0.39, 0.29) is 18.1 Å². The van der Waals surface area contributed by atoms with Gasteiger partial charge < -0.3 is 22.3 Å². The zero-order chi connectivity index (χ0) is 9.30. The smallest absolute Gasteiger partial charge is 0.308 e. The van der Waals surface area contributed by atoms with Crippen LogP contribution in [0.2, 0.25) is 0 Å². The van der Waals surface area contributed by atoms with E-state index >= 15 is 0 Å². The molecule has 4 atom stereocenters. The first-order valence-electron chi connectivity index (χ1n) is 4.02. The monoisotopic (exact) mass is 173 g/mol. The molecule has 5 heteroatoms. The predicted octanol–water partition coefficient (Wildman–Crippen LogP) is -1.54. The highest BCUT2D eigenvalue weighted by Gasteiger charge is 2.35. The van der Waals surface area contributed by atoms with E-state index in [2.05, 4.69) is 0 Å². The number of carbonyl (C=O) groups is 1. The highest BCUT2D eigenvalue weighted by atomic mass is 16.4. The number of aliphatic carboxylic acids is 1. The third-order valence-electron chi connectivity index (χ3n) is 2.45. The molecular weight excluding hydrogens is 158 g/mol. The Balaban J connectivity index is 2.61. The summed E-state index contributed by atoms with van der Waals surface area (Å²) in [5.74, 6) is -1.40. The van der Waals surface area contributed by atoms with Gasteiger partial charge in [-0.15, -0.1) is 0 Å². The van der Waals surface area contributed by atoms with Gasteiger partial charge in [-0.2, -0.15) is 0 Å². The molecule has 4 unspecified atom stereocenters. The molecule has 1 aliphatic carbocycles. The minimum absolute atomic E-state index is 0.157. The third kappa shape index (κ3) is 1.74. The van der Waals surface area contributed by atoms with Crippen molar-refractivity contribution in [3.8, 4) is 0 Å². The third-order valence-corrected chi connectivity index (χ3v) is 2.45. The van der Waals surface area contributed by atoms with Crippen molar-refractivity contribution in [2.24, 2.45) is 23.1 Å². The van der Waals surface area contributed by atoms with Crippen molar-refractivity contribution in [3.05, 3.63) is 0 Å². The molecule has 1 saturated carbocycles. The summed E-state index contributed by atoms with van der Waals surface area (Å²) < 4.78 is 0. The number of hydrogen-bond donors (Lipinski definition) is 4. The van der Waals surface area contributed by atoms with E-state index in [9.17, 15) is 4.79 Å². The van der Waals surface area contributed by atoms with Gasteiger partial charge in [-0.25, -0.2) is 0 Å². The Morgan fingerprint density at radius 3 is 2.08 bits per heavy atom. The largest absolute Gasteiger partial charge is 0.481 e. The van der Waals surface area contributed by atoms with Crippen LogP contribution in [0, 0.1) is 5.92 Å². The van der Waals surface area contributed by atoms with E-state index in [1.165, 1.54) is 0 Å². The molecule has 0 bridgehead atoms. The van der Waals surface area contributed by atoms with Gasteiger partial charge in [0.2, 0.25) is 0 Å². The Bertz CT molecular complexity index is 185. The van der Waals surface area contributed by atoms with Crippen LogP contribution in [0.3, 0.4) is 0 Å². The molecule has 0 saturated heterocycles. The number of rotatable bonds is 1. The lowest BCUT2D eigenvalue weighted by molar-refractivity contribution is -0.143. The maximum Gasteiger partial charge on any atom is 0.308 e. The minimum atomic E-state index is -0.871. The van der Waals surface area contributed by atoms with Crippen molar-refractivity contribution in [1.82, 2.24) is 0 Å². The first kappa shape index (κ1) is 9.44. The van der Waals surface area contributed by atoms with Crippen LogP contribution in [0.1, 0.15) is 12.8 Å². The topological polar surface area (TPSA) is 115 Å². The Morgan fingerprint density at radius 1 is 1.08 bits per heavy atom. The van der Waals surface area contributed by atoms with E-state index in [0.717, 1.165) is 0 Å². The normalized spacial score (nSPS) is 42.6. The van der Waals surface area contributed by atoms with E-state index in [0.29, 0.717) is 12.8 Å². The van der Waals surface area contributed by atoms with E-state index in [1.807, 2.05) is 0 Å². The van der Waals surface area contributed by atoms with Crippen molar-refractivity contribution in [3.63, 3.8) is 0 Å². The van der Waals surface area contributed by atoms with Crippen LogP contribution in [0.4, 0.5) is 0 Å². The Hall–Kier alpha value is -0.650. The maximum atomic E-state index is 10.6. The second kappa shape index (κ2) is 3.38. The molecule has 0 aliphatic heterocycles. The standard InChI is InChI=1S/C7H15N3O2/c8-4-2-6(10)5(9)1-3(4)7(11)12/h3-6H,1-2,8-10H2,(H,11,12). The summed E-state index contributed by atoms with van der Waals surface area (Å²) in [6, 6.07) is -0.737. The van der Waals surface area contributed by atoms with Gasteiger partial charge in [0, 0.05) is 18.1 Å². The van der Waals surface area contributed by atoms with Gasteiger partial charge in [0.1, 0.15) is 0 Å². The van der Waals surface area contributed by atoms with Crippen molar-refractivity contribution < 1.29 is 9.90 Å². The minimum Gasteiger partial charge on any atom is -0.481 e. The fourth-order valence-corrected chi connectivity index (χ4v) is 1.58. The Morgan fingerprint density at radius 2 is 1.58 bits per heavy atom. The average Bonchev–Trinajstić information content (AvgIpc) is 1.96. The Labute approximate surface area is 70.9 Å². The number of carboxylic acid groups (broad SMARTS) is 1. The van der Waals surface area contributed by atoms with Crippen LogP contribution in [0.25, 0.3) is 0 Å².